The average molecular weight is 300 g/mol. The lowest BCUT2D eigenvalue weighted by Gasteiger charge is -2.42. The minimum atomic E-state index is -3.78. The zero-order valence-electron chi connectivity index (χ0n) is 12.3. The van der Waals surface area contributed by atoms with Crippen LogP contribution in [-0.4, -0.2) is 49.8 Å². The zero-order chi connectivity index (χ0) is 15.1. The lowest BCUT2D eigenvalue weighted by atomic mass is 10.1. The molecule has 0 bridgehead atoms. The summed E-state index contributed by atoms with van der Waals surface area (Å²) in [4.78, 5) is 1.88. The van der Waals surface area contributed by atoms with Gasteiger partial charge in [-0.25, -0.2) is 12.8 Å². The van der Waals surface area contributed by atoms with E-state index < -0.39 is 15.8 Å². The van der Waals surface area contributed by atoms with Crippen LogP contribution in [0.15, 0.2) is 23.1 Å². The summed E-state index contributed by atoms with van der Waals surface area (Å²) in [5.41, 5.74) is 0.709. The van der Waals surface area contributed by atoms with Gasteiger partial charge in [0.05, 0.1) is 0 Å². The normalized spacial score (nSPS) is 25.9. The third-order valence-corrected chi connectivity index (χ3v) is 6.21. The molecule has 20 heavy (non-hydrogen) atoms. The molecule has 6 heteroatoms. The van der Waals surface area contributed by atoms with Crippen molar-refractivity contribution >= 4 is 10.0 Å². The molecule has 1 aliphatic rings. The molecule has 112 valence electrons. The molecule has 0 saturated carbocycles. The zero-order valence-corrected chi connectivity index (χ0v) is 13.1. The van der Waals surface area contributed by atoms with E-state index in [9.17, 15) is 12.8 Å². The molecule has 2 atom stereocenters. The van der Waals surface area contributed by atoms with Gasteiger partial charge in [-0.2, -0.15) is 4.31 Å². The first kappa shape index (κ1) is 15.4. The van der Waals surface area contributed by atoms with Crippen LogP contribution in [0.3, 0.4) is 0 Å². The van der Waals surface area contributed by atoms with Gasteiger partial charge >= 0.3 is 0 Å². The van der Waals surface area contributed by atoms with Crippen LogP contribution in [0.1, 0.15) is 19.4 Å². The molecular weight excluding hydrogens is 279 g/mol. The fraction of sp³-hybridized carbons (Fsp3) is 0.571. The number of benzene rings is 1. The number of likely N-dealkylation sites (N-methyl/N-ethyl adjacent to an activating group) is 1. The van der Waals surface area contributed by atoms with Gasteiger partial charge < -0.3 is 4.90 Å². The molecule has 1 heterocycles. The summed E-state index contributed by atoms with van der Waals surface area (Å²) in [7, 11) is -1.81. The monoisotopic (exact) mass is 300 g/mol. The number of sulfonamides is 1. The molecule has 1 saturated heterocycles. The first-order valence-electron chi connectivity index (χ1n) is 6.73. The predicted molar refractivity (Wildman–Crippen MR) is 76.6 cm³/mol. The molecule has 0 aliphatic carbocycles. The van der Waals surface area contributed by atoms with Crippen molar-refractivity contribution in [1.82, 2.24) is 9.21 Å². The highest BCUT2D eigenvalue weighted by atomic mass is 32.2. The highest BCUT2D eigenvalue weighted by Crippen LogP contribution is 2.26. The average Bonchev–Trinajstić information content (AvgIpc) is 2.35. The Bertz CT molecular complexity index is 603. The van der Waals surface area contributed by atoms with Crippen LogP contribution in [0, 0.1) is 12.7 Å². The van der Waals surface area contributed by atoms with Crippen LogP contribution < -0.4 is 0 Å². The summed E-state index contributed by atoms with van der Waals surface area (Å²) in [6, 6.07) is 4.17. The maximum absolute atomic E-state index is 14.0. The van der Waals surface area contributed by atoms with Crippen molar-refractivity contribution in [2.45, 2.75) is 37.8 Å². The quantitative estimate of drug-likeness (QED) is 0.837. The van der Waals surface area contributed by atoms with Crippen molar-refractivity contribution in [3.8, 4) is 0 Å². The first-order chi connectivity index (χ1) is 9.25. The topological polar surface area (TPSA) is 40.6 Å². The Labute approximate surface area is 120 Å². The number of piperazine rings is 1. The van der Waals surface area contributed by atoms with Crippen LogP contribution in [0.25, 0.3) is 0 Å². The van der Waals surface area contributed by atoms with Crippen molar-refractivity contribution in [1.29, 1.82) is 0 Å². The molecule has 4 nitrogen and oxygen atoms in total. The number of hydrogen-bond acceptors (Lipinski definition) is 3. The largest absolute Gasteiger partial charge is 0.301 e. The van der Waals surface area contributed by atoms with Gasteiger partial charge in [-0.3, -0.25) is 0 Å². The number of nitrogens with zero attached hydrogens (tertiary/aromatic N) is 2. The van der Waals surface area contributed by atoms with Gasteiger partial charge in [0, 0.05) is 25.2 Å². The van der Waals surface area contributed by atoms with Crippen LogP contribution in [-0.2, 0) is 10.0 Å². The van der Waals surface area contributed by atoms with E-state index in [1.165, 1.54) is 16.4 Å². The Hall–Kier alpha value is -0.980. The van der Waals surface area contributed by atoms with Crippen molar-refractivity contribution in [3.05, 3.63) is 29.6 Å². The second-order valence-corrected chi connectivity index (χ2v) is 7.37. The molecular formula is C14H21FN2O2S. The molecule has 0 N–H and O–H groups in total. The third kappa shape index (κ3) is 2.60. The highest BCUT2D eigenvalue weighted by Gasteiger charge is 2.37. The smallest absolute Gasteiger partial charge is 0.246 e. The van der Waals surface area contributed by atoms with E-state index in [-0.39, 0.29) is 17.0 Å². The Kier molecular flexibility index (Phi) is 4.18. The number of hydrogen-bond donors (Lipinski definition) is 0. The van der Waals surface area contributed by atoms with E-state index in [0.29, 0.717) is 18.7 Å². The van der Waals surface area contributed by atoms with Crippen molar-refractivity contribution in [3.63, 3.8) is 0 Å². The molecule has 2 rings (SSSR count). The number of aryl methyl sites for hydroxylation is 1. The Morgan fingerprint density at radius 3 is 2.45 bits per heavy atom. The summed E-state index contributed by atoms with van der Waals surface area (Å²) in [6.45, 7) is 6.62. The van der Waals surface area contributed by atoms with E-state index in [1.54, 1.807) is 13.0 Å². The number of rotatable bonds is 2. The Balaban J connectivity index is 2.40. The minimum absolute atomic E-state index is 0.104. The fourth-order valence-corrected chi connectivity index (χ4v) is 4.29. The molecule has 0 spiro atoms. The molecule has 1 aromatic carbocycles. The molecule has 0 amide bonds. The van der Waals surface area contributed by atoms with Gasteiger partial charge in [0.2, 0.25) is 10.0 Å². The maximum Gasteiger partial charge on any atom is 0.246 e. The van der Waals surface area contributed by atoms with Gasteiger partial charge in [0.1, 0.15) is 10.7 Å². The fourth-order valence-electron chi connectivity index (χ4n) is 2.55. The molecule has 1 aliphatic heterocycles. The van der Waals surface area contributed by atoms with Gasteiger partial charge in [-0.15, -0.1) is 0 Å². The van der Waals surface area contributed by atoms with Crippen LogP contribution in [0.5, 0.6) is 0 Å². The predicted octanol–water partition coefficient (Wildman–Crippen LogP) is 1.85. The van der Waals surface area contributed by atoms with Crippen LogP contribution >= 0.6 is 0 Å². The number of halogens is 1. The highest BCUT2D eigenvalue weighted by molar-refractivity contribution is 7.89. The van der Waals surface area contributed by atoms with Crippen molar-refractivity contribution in [2.75, 3.05) is 20.1 Å². The van der Waals surface area contributed by atoms with E-state index in [2.05, 4.69) is 4.90 Å². The maximum atomic E-state index is 14.0. The van der Waals surface area contributed by atoms with Gasteiger partial charge in [0.25, 0.3) is 0 Å². The minimum Gasteiger partial charge on any atom is -0.301 e. The molecule has 1 fully saturated rings. The third-order valence-electron chi connectivity index (χ3n) is 4.19. The van der Waals surface area contributed by atoms with Crippen LogP contribution in [0.4, 0.5) is 4.39 Å². The van der Waals surface area contributed by atoms with E-state index >= 15 is 0 Å². The first-order valence-corrected chi connectivity index (χ1v) is 8.17. The lowest BCUT2D eigenvalue weighted by Crippen LogP contribution is -2.57. The summed E-state index contributed by atoms with van der Waals surface area (Å²) in [6.07, 6.45) is 0. The van der Waals surface area contributed by atoms with E-state index in [0.717, 1.165) is 0 Å². The standard InChI is InChI=1S/C14H21FN2O2S/c1-10-5-6-14(13(15)9-10)20(18,19)17-8-7-16(4)11(2)12(17)3/h5-6,9,11-12H,7-8H2,1-4H3. The van der Waals surface area contributed by atoms with Gasteiger partial charge in [-0.05, 0) is 45.5 Å². The van der Waals surface area contributed by atoms with Crippen molar-refractivity contribution < 1.29 is 12.8 Å². The van der Waals surface area contributed by atoms with Gasteiger partial charge in [-0.1, -0.05) is 6.07 Å². The van der Waals surface area contributed by atoms with E-state index in [4.69, 9.17) is 0 Å². The van der Waals surface area contributed by atoms with Gasteiger partial charge in [0.15, 0.2) is 0 Å². The molecule has 0 aromatic heterocycles. The second-order valence-electron chi connectivity index (χ2n) is 5.51. The molecule has 0 radical (unpaired) electrons. The summed E-state index contributed by atoms with van der Waals surface area (Å²) in [5.74, 6) is -0.677. The van der Waals surface area contributed by atoms with Crippen LogP contribution in [0.2, 0.25) is 0 Å². The second kappa shape index (κ2) is 5.42. The summed E-state index contributed by atoms with van der Waals surface area (Å²) >= 11 is 0. The summed E-state index contributed by atoms with van der Waals surface area (Å²) in [5, 5.41) is 0. The lowest BCUT2D eigenvalue weighted by molar-refractivity contribution is 0.109. The SMILES string of the molecule is Cc1ccc(S(=O)(=O)N2CCN(C)C(C)C2C)c(F)c1. The Morgan fingerprint density at radius 2 is 1.85 bits per heavy atom. The molecule has 2 unspecified atom stereocenters. The molecule has 1 aromatic rings. The Morgan fingerprint density at radius 1 is 1.20 bits per heavy atom. The van der Waals surface area contributed by atoms with E-state index in [1.807, 2.05) is 20.9 Å². The van der Waals surface area contributed by atoms with Crippen molar-refractivity contribution in [2.24, 2.45) is 0 Å². The summed E-state index contributed by atoms with van der Waals surface area (Å²) < 4.78 is 40.7.